The highest BCUT2D eigenvalue weighted by Gasteiger charge is 2.18. The Labute approximate surface area is 95.3 Å². The topological polar surface area (TPSA) is 36.0 Å². The van der Waals surface area contributed by atoms with Crippen LogP contribution in [0.1, 0.15) is 35.2 Å². The number of aromatic nitrogens is 1. The molecule has 0 radical (unpaired) electrons. The minimum Gasteiger partial charge on any atom is -0.508 e. The minimum absolute atomic E-state index is 0.428. The monoisotopic (exact) mass is 215 g/mol. The SMILES string of the molecule is Cc1c(O)cc2c3c([nH]c2c1C)CCCC3. The summed E-state index contributed by atoms with van der Waals surface area (Å²) in [6.07, 6.45) is 4.86. The average Bonchev–Trinajstić information content (AvgIpc) is 2.65. The Kier molecular flexibility index (Phi) is 2.00. The zero-order valence-electron chi connectivity index (χ0n) is 9.85. The second-order valence-electron chi connectivity index (χ2n) is 4.86. The molecule has 1 aliphatic carbocycles. The van der Waals surface area contributed by atoms with Gasteiger partial charge in [0.15, 0.2) is 0 Å². The molecule has 0 aliphatic heterocycles. The fourth-order valence-corrected chi connectivity index (χ4v) is 2.79. The maximum atomic E-state index is 9.90. The highest BCUT2D eigenvalue weighted by atomic mass is 16.3. The summed E-state index contributed by atoms with van der Waals surface area (Å²) in [4.78, 5) is 3.54. The third-order valence-electron chi connectivity index (χ3n) is 3.94. The van der Waals surface area contributed by atoms with E-state index in [1.807, 2.05) is 13.0 Å². The van der Waals surface area contributed by atoms with E-state index in [1.165, 1.54) is 40.6 Å². The normalized spacial score (nSPS) is 15.4. The van der Waals surface area contributed by atoms with Gasteiger partial charge in [-0.3, -0.25) is 0 Å². The number of hydrogen-bond donors (Lipinski definition) is 2. The van der Waals surface area contributed by atoms with Crippen LogP contribution in [-0.4, -0.2) is 10.1 Å². The molecular formula is C14H17NO. The maximum Gasteiger partial charge on any atom is 0.119 e. The van der Waals surface area contributed by atoms with Crippen molar-refractivity contribution in [3.05, 3.63) is 28.5 Å². The number of aromatic hydroxyl groups is 1. The lowest BCUT2D eigenvalue weighted by Gasteiger charge is -2.10. The standard InChI is InChI=1S/C14H17NO/c1-8-9(2)14-11(7-13(8)16)10-5-3-4-6-12(10)15-14/h7,15-16H,3-6H2,1-2H3. The van der Waals surface area contributed by atoms with Gasteiger partial charge in [0.05, 0.1) is 0 Å². The van der Waals surface area contributed by atoms with Crippen molar-refractivity contribution in [3.63, 3.8) is 0 Å². The van der Waals surface area contributed by atoms with Gasteiger partial charge < -0.3 is 10.1 Å². The molecule has 0 saturated carbocycles. The van der Waals surface area contributed by atoms with E-state index in [4.69, 9.17) is 0 Å². The first kappa shape index (κ1) is 9.76. The third kappa shape index (κ3) is 1.19. The number of aromatic amines is 1. The van der Waals surface area contributed by atoms with Crippen molar-refractivity contribution in [2.45, 2.75) is 39.5 Å². The third-order valence-corrected chi connectivity index (χ3v) is 3.94. The largest absolute Gasteiger partial charge is 0.508 e. The molecule has 0 atom stereocenters. The van der Waals surface area contributed by atoms with Crippen molar-refractivity contribution >= 4 is 10.9 Å². The molecule has 0 amide bonds. The molecule has 0 fully saturated rings. The van der Waals surface area contributed by atoms with E-state index in [9.17, 15) is 5.11 Å². The summed E-state index contributed by atoms with van der Waals surface area (Å²) >= 11 is 0. The number of hydrogen-bond acceptors (Lipinski definition) is 1. The minimum atomic E-state index is 0.428. The molecule has 2 nitrogen and oxygen atoms in total. The molecule has 0 unspecified atom stereocenters. The molecule has 16 heavy (non-hydrogen) atoms. The van der Waals surface area contributed by atoms with Gasteiger partial charge >= 0.3 is 0 Å². The summed E-state index contributed by atoms with van der Waals surface area (Å²) in [5, 5.41) is 11.1. The lowest BCUT2D eigenvalue weighted by Crippen LogP contribution is -1.99. The number of nitrogens with one attached hydrogen (secondary N) is 1. The van der Waals surface area contributed by atoms with Crippen LogP contribution in [-0.2, 0) is 12.8 Å². The highest BCUT2D eigenvalue weighted by Crippen LogP contribution is 2.35. The Morgan fingerprint density at radius 1 is 1.12 bits per heavy atom. The Morgan fingerprint density at radius 3 is 2.69 bits per heavy atom. The van der Waals surface area contributed by atoms with E-state index < -0.39 is 0 Å². The van der Waals surface area contributed by atoms with Crippen LogP contribution in [0.2, 0.25) is 0 Å². The summed E-state index contributed by atoms with van der Waals surface area (Å²) in [6.45, 7) is 4.06. The van der Waals surface area contributed by atoms with Crippen LogP contribution in [0, 0.1) is 13.8 Å². The maximum absolute atomic E-state index is 9.90. The van der Waals surface area contributed by atoms with Gasteiger partial charge in [-0.15, -0.1) is 0 Å². The Balaban J connectivity index is 2.39. The van der Waals surface area contributed by atoms with Gasteiger partial charge in [-0.1, -0.05) is 0 Å². The predicted octanol–water partition coefficient (Wildman–Crippen LogP) is 3.37. The fourth-order valence-electron chi connectivity index (χ4n) is 2.79. The molecule has 0 spiro atoms. The Morgan fingerprint density at radius 2 is 1.88 bits per heavy atom. The van der Waals surface area contributed by atoms with Gasteiger partial charge in [0, 0.05) is 16.6 Å². The van der Waals surface area contributed by atoms with E-state index in [0.29, 0.717) is 5.75 Å². The molecule has 1 aromatic heterocycles. The van der Waals surface area contributed by atoms with E-state index >= 15 is 0 Å². The number of phenolic OH excluding ortho intramolecular Hbond substituents is 1. The lowest BCUT2D eigenvalue weighted by atomic mass is 9.94. The van der Waals surface area contributed by atoms with Crippen LogP contribution in [0.4, 0.5) is 0 Å². The average molecular weight is 215 g/mol. The van der Waals surface area contributed by atoms with Crippen molar-refractivity contribution in [1.82, 2.24) is 4.98 Å². The first-order chi connectivity index (χ1) is 7.68. The van der Waals surface area contributed by atoms with Crippen LogP contribution < -0.4 is 0 Å². The molecule has 1 aliphatic rings. The number of fused-ring (bicyclic) bond motifs is 3. The van der Waals surface area contributed by atoms with Gasteiger partial charge in [0.2, 0.25) is 0 Å². The van der Waals surface area contributed by atoms with Crippen LogP contribution in [0.5, 0.6) is 5.75 Å². The van der Waals surface area contributed by atoms with Crippen molar-refractivity contribution in [3.8, 4) is 5.75 Å². The van der Waals surface area contributed by atoms with Crippen molar-refractivity contribution < 1.29 is 5.11 Å². The number of phenols is 1. The van der Waals surface area contributed by atoms with Crippen molar-refractivity contribution in [1.29, 1.82) is 0 Å². The van der Waals surface area contributed by atoms with E-state index in [2.05, 4.69) is 11.9 Å². The van der Waals surface area contributed by atoms with E-state index in [-0.39, 0.29) is 0 Å². The molecule has 2 N–H and O–H groups in total. The quantitative estimate of drug-likeness (QED) is 0.694. The molecule has 1 heterocycles. The molecule has 84 valence electrons. The van der Waals surface area contributed by atoms with Gasteiger partial charge in [-0.2, -0.15) is 0 Å². The number of benzene rings is 1. The number of H-pyrrole nitrogens is 1. The molecule has 0 saturated heterocycles. The molecular weight excluding hydrogens is 198 g/mol. The Hall–Kier alpha value is -1.44. The number of rotatable bonds is 0. The van der Waals surface area contributed by atoms with E-state index in [0.717, 1.165) is 18.4 Å². The summed E-state index contributed by atoms with van der Waals surface area (Å²) in [5.41, 5.74) is 6.21. The summed E-state index contributed by atoms with van der Waals surface area (Å²) in [6, 6.07) is 1.93. The van der Waals surface area contributed by atoms with Gasteiger partial charge in [-0.25, -0.2) is 0 Å². The first-order valence-corrected chi connectivity index (χ1v) is 6.01. The smallest absolute Gasteiger partial charge is 0.119 e. The summed E-state index contributed by atoms with van der Waals surface area (Å²) in [7, 11) is 0. The first-order valence-electron chi connectivity index (χ1n) is 6.01. The fraction of sp³-hybridized carbons (Fsp3) is 0.429. The molecule has 1 aromatic carbocycles. The highest BCUT2D eigenvalue weighted by molar-refractivity contribution is 5.90. The van der Waals surface area contributed by atoms with E-state index in [1.54, 1.807) is 0 Å². The van der Waals surface area contributed by atoms with Crippen LogP contribution >= 0.6 is 0 Å². The summed E-state index contributed by atoms with van der Waals surface area (Å²) in [5.74, 6) is 0.428. The lowest BCUT2D eigenvalue weighted by molar-refractivity contribution is 0.471. The zero-order valence-corrected chi connectivity index (χ0v) is 9.85. The van der Waals surface area contributed by atoms with Gasteiger partial charge in [0.25, 0.3) is 0 Å². The predicted molar refractivity (Wildman–Crippen MR) is 66.1 cm³/mol. The van der Waals surface area contributed by atoms with Crippen LogP contribution in [0.25, 0.3) is 10.9 Å². The van der Waals surface area contributed by atoms with Crippen molar-refractivity contribution in [2.24, 2.45) is 0 Å². The molecule has 0 bridgehead atoms. The molecule has 2 heteroatoms. The van der Waals surface area contributed by atoms with Crippen LogP contribution in [0.3, 0.4) is 0 Å². The summed E-state index contributed by atoms with van der Waals surface area (Å²) < 4.78 is 0. The molecule has 2 aromatic rings. The molecule has 3 rings (SSSR count). The second-order valence-corrected chi connectivity index (χ2v) is 4.86. The Bertz CT molecular complexity index is 566. The number of aryl methyl sites for hydroxylation is 3. The van der Waals surface area contributed by atoms with Crippen molar-refractivity contribution in [2.75, 3.05) is 0 Å². The zero-order chi connectivity index (χ0) is 11.3. The second kappa shape index (κ2) is 3.27. The van der Waals surface area contributed by atoms with Crippen LogP contribution in [0.15, 0.2) is 6.07 Å². The van der Waals surface area contributed by atoms with Gasteiger partial charge in [-0.05, 0) is 62.3 Å². The van der Waals surface area contributed by atoms with Gasteiger partial charge in [0.1, 0.15) is 5.75 Å².